The van der Waals surface area contributed by atoms with Crippen molar-refractivity contribution in [2.45, 2.75) is 25.8 Å². The number of carbonyl (C=O) groups excluding carboxylic acids is 1. The molecule has 1 saturated heterocycles. The minimum absolute atomic E-state index is 0.105. The number of urea groups is 1. The van der Waals surface area contributed by atoms with Gasteiger partial charge < -0.3 is 20.1 Å². The molecule has 0 radical (unpaired) electrons. The Morgan fingerprint density at radius 2 is 2.05 bits per heavy atom. The summed E-state index contributed by atoms with van der Waals surface area (Å²) in [7, 11) is 0. The summed E-state index contributed by atoms with van der Waals surface area (Å²) in [4.78, 5) is 13.9. The topological polar surface area (TPSA) is 61.8 Å². The van der Waals surface area contributed by atoms with Crippen molar-refractivity contribution >= 4 is 6.03 Å². The van der Waals surface area contributed by atoms with E-state index in [9.17, 15) is 9.18 Å². The largest absolute Gasteiger partial charge is 0.491 e. The zero-order chi connectivity index (χ0) is 15.9. The van der Waals surface area contributed by atoms with Gasteiger partial charge in [-0.05, 0) is 49.9 Å². The van der Waals surface area contributed by atoms with Crippen molar-refractivity contribution in [3.8, 4) is 5.75 Å². The van der Waals surface area contributed by atoms with Crippen LogP contribution >= 0.6 is 0 Å². The van der Waals surface area contributed by atoms with E-state index >= 15 is 0 Å². The second-order valence-electron chi connectivity index (χ2n) is 5.73. The lowest BCUT2D eigenvalue weighted by Gasteiger charge is -2.32. The maximum absolute atomic E-state index is 12.8. The Kier molecular flexibility index (Phi) is 6.00. The number of amides is 2. The lowest BCUT2D eigenvalue weighted by atomic mass is 9.98. The number of aliphatic hydroxyl groups excluding tert-OH is 1. The van der Waals surface area contributed by atoms with Crippen LogP contribution in [0.25, 0.3) is 0 Å². The van der Waals surface area contributed by atoms with Crippen molar-refractivity contribution in [1.82, 2.24) is 10.2 Å². The van der Waals surface area contributed by atoms with E-state index in [4.69, 9.17) is 9.84 Å². The normalized spacial score (nSPS) is 17.1. The number of ether oxygens (including phenoxy) is 1. The molecular weight excluding hydrogens is 287 g/mol. The molecule has 2 N–H and O–H groups in total. The van der Waals surface area contributed by atoms with Crippen LogP contribution in [0.2, 0.25) is 0 Å². The van der Waals surface area contributed by atoms with Crippen LogP contribution in [0.3, 0.4) is 0 Å². The molecule has 122 valence electrons. The summed E-state index contributed by atoms with van der Waals surface area (Å²) in [5, 5.41) is 12.0. The van der Waals surface area contributed by atoms with Gasteiger partial charge in [0.2, 0.25) is 0 Å². The average Bonchev–Trinajstić information content (AvgIpc) is 2.54. The Bertz CT molecular complexity index is 473. The molecule has 1 heterocycles. The minimum Gasteiger partial charge on any atom is -0.491 e. The molecule has 22 heavy (non-hydrogen) atoms. The van der Waals surface area contributed by atoms with Crippen molar-refractivity contribution in [2.24, 2.45) is 5.92 Å². The monoisotopic (exact) mass is 310 g/mol. The summed E-state index contributed by atoms with van der Waals surface area (Å²) < 4.78 is 18.3. The van der Waals surface area contributed by atoms with Crippen LogP contribution in [0.1, 0.15) is 19.8 Å². The van der Waals surface area contributed by atoms with Gasteiger partial charge in [-0.25, -0.2) is 9.18 Å². The molecule has 1 aliphatic rings. The number of benzene rings is 1. The first kappa shape index (κ1) is 16.5. The second kappa shape index (κ2) is 7.98. The molecule has 2 amide bonds. The fourth-order valence-corrected chi connectivity index (χ4v) is 2.41. The average molecular weight is 310 g/mol. The summed E-state index contributed by atoms with van der Waals surface area (Å²) in [5.74, 6) is 0.578. The molecule has 1 aliphatic heterocycles. The van der Waals surface area contributed by atoms with Gasteiger partial charge in [-0.2, -0.15) is 0 Å². The predicted molar refractivity (Wildman–Crippen MR) is 81.3 cm³/mol. The van der Waals surface area contributed by atoms with E-state index in [-0.39, 0.29) is 24.5 Å². The number of hydrogen-bond acceptors (Lipinski definition) is 3. The first-order valence-electron chi connectivity index (χ1n) is 7.63. The minimum atomic E-state index is -0.306. The zero-order valence-electron chi connectivity index (χ0n) is 12.8. The fraction of sp³-hybridized carbons (Fsp3) is 0.562. The Balaban J connectivity index is 1.71. The number of nitrogens with zero attached hydrogens (tertiary/aromatic N) is 1. The van der Waals surface area contributed by atoms with Crippen LogP contribution in [-0.4, -0.2) is 48.4 Å². The summed E-state index contributed by atoms with van der Waals surface area (Å²) in [6.07, 6.45) is 1.68. The maximum Gasteiger partial charge on any atom is 0.317 e. The Morgan fingerprint density at radius 1 is 1.41 bits per heavy atom. The maximum atomic E-state index is 12.8. The van der Waals surface area contributed by atoms with Crippen LogP contribution in [0.15, 0.2) is 24.3 Å². The third kappa shape index (κ3) is 4.87. The summed E-state index contributed by atoms with van der Waals surface area (Å²) in [6, 6.07) is 5.54. The van der Waals surface area contributed by atoms with Crippen LogP contribution in [-0.2, 0) is 0 Å². The molecule has 0 bridgehead atoms. The van der Waals surface area contributed by atoms with E-state index in [1.807, 2.05) is 6.92 Å². The van der Waals surface area contributed by atoms with Crippen molar-refractivity contribution in [2.75, 3.05) is 26.3 Å². The highest BCUT2D eigenvalue weighted by Gasteiger charge is 2.23. The Hall–Kier alpha value is -1.82. The summed E-state index contributed by atoms with van der Waals surface area (Å²) in [6.45, 7) is 3.72. The molecule has 2 rings (SSSR count). The number of hydrogen-bond donors (Lipinski definition) is 2. The van der Waals surface area contributed by atoms with Crippen LogP contribution < -0.4 is 10.1 Å². The molecule has 0 spiro atoms. The zero-order valence-corrected chi connectivity index (χ0v) is 12.8. The lowest BCUT2D eigenvalue weighted by molar-refractivity contribution is 0.134. The molecule has 5 nitrogen and oxygen atoms in total. The number of aliphatic hydroxyl groups is 1. The van der Waals surface area contributed by atoms with Gasteiger partial charge in [0.15, 0.2) is 0 Å². The molecule has 1 fully saturated rings. The molecule has 1 aromatic carbocycles. The summed E-state index contributed by atoms with van der Waals surface area (Å²) in [5.41, 5.74) is 0. The first-order valence-corrected chi connectivity index (χ1v) is 7.63. The molecule has 0 aliphatic carbocycles. The van der Waals surface area contributed by atoms with E-state index in [0.29, 0.717) is 31.4 Å². The Morgan fingerprint density at radius 3 is 2.64 bits per heavy atom. The molecule has 0 aromatic heterocycles. The van der Waals surface area contributed by atoms with Crippen molar-refractivity contribution in [1.29, 1.82) is 0 Å². The lowest BCUT2D eigenvalue weighted by Crippen LogP contribution is -2.48. The molecule has 1 aromatic rings. The van der Waals surface area contributed by atoms with E-state index in [0.717, 1.165) is 12.8 Å². The number of likely N-dealkylation sites (tertiary alicyclic amines) is 1. The number of carbonyl (C=O) groups is 1. The van der Waals surface area contributed by atoms with E-state index in [2.05, 4.69) is 5.32 Å². The number of piperidine rings is 1. The van der Waals surface area contributed by atoms with Gasteiger partial charge in [-0.15, -0.1) is 0 Å². The van der Waals surface area contributed by atoms with Crippen molar-refractivity contribution in [3.63, 3.8) is 0 Å². The molecule has 1 atom stereocenters. The number of halogens is 1. The van der Waals surface area contributed by atoms with Crippen molar-refractivity contribution < 1.29 is 19.0 Å². The van der Waals surface area contributed by atoms with Crippen LogP contribution in [0, 0.1) is 11.7 Å². The Labute approximate surface area is 130 Å². The van der Waals surface area contributed by atoms with Crippen LogP contribution in [0.4, 0.5) is 9.18 Å². The first-order chi connectivity index (χ1) is 10.6. The standard InChI is InChI=1S/C16H23FN2O3/c1-12(11-22-15-4-2-14(17)3-5-15)18-16(21)19-8-6-13(10-20)7-9-19/h2-5,12-13,20H,6-11H2,1H3,(H,18,21). The van der Waals surface area contributed by atoms with Crippen LogP contribution in [0.5, 0.6) is 5.75 Å². The molecule has 1 unspecified atom stereocenters. The van der Waals surface area contributed by atoms with Gasteiger partial charge in [-0.1, -0.05) is 0 Å². The van der Waals surface area contributed by atoms with E-state index < -0.39 is 0 Å². The highest BCUT2D eigenvalue weighted by atomic mass is 19.1. The van der Waals surface area contributed by atoms with Crippen molar-refractivity contribution in [3.05, 3.63) is 30.1 Å². The van der Waals surface area contributed by atoms with E-state index in [1.54, 1.807) is 17.0 Å². The SMILES string of the molecule is CC(COc1ccc(F)cc1)NC(=O)N1CCC(CO)CC1. The highest BCUT2D eigenvalue weighted by Crippen LogP contribution is 2.16. The smallest absolute Gasteiger partial charge is 0.317 e. The van der Waals surface area contributed by atoms with Gasteiger partial charge >= 0.3 is 6.03 Å². The van der Waals surface area contributed by atoms with Gasteiger partial charge in [0.1, 0.15) is 18.2 Å². The third-order valence-corrected chi connectivity index (χ3v) is 3.84. The molecule has 0 saturated carbocycles. The van der Waals surface area contributed by atoms with Gasteiger partial charge in [-0.3, -0.25) is 0 Å². The molecular formula is C16H23FN2O3. The fourth-order valence-electron chi connectivity index (χ4n) is 2.41. The van der Waals surface area contributed by atoms with Gasteiger partial charge in [0, 0.05) is 19.7 Å². The second-order valence-corrected chi connectivity index (χ2v) is 5.73. The predicted octanol–water partition coefficient (Wildman–Crippen LogP) is 2.01. The van der Waals surface area contributed by atoms with E-state index in [1.165, 1.54) is 12.1 Å². The summed E-state index contributed by atoms with van der Waals surface area (Å²) >= 11 is 0. The quantitative estimate of drug-likeness (QED) is 0.874. The highest BCUT2D eigenvalue weighted by molar-refractivity contribution is 5.74. The van der Waals surface area contributed by atoms with Gasteiger partial charge in [0.05, 0.1) is 6.04 Å². The third-order valence-electron chi connectivity index (χ3n) is 3.84. The molecule has 6 heteroatoms. The number of nitrogens with one attached hydrogen (secondary N) is 1. The van der Waals surface area contributed by atoms with Gasteiger partial charge in [0.25, 0.3) is 0 Å². The number of rotatable bonds is 5.